The first-order valence-electron chi connectivity index (χ1n) is 13.6. The summed E-state index contributed by atoms with van der Waals surface area (Å²) in [6.07, 6.45) is 2.13. The van der Waals surface area contributed by atoms with Crippen LogP contribution in [0.25, 0.3) is 0 Å². The minimum Gasteiger partial charge on any atom is -0.352 e. The number of nitrogens with one attached hydrogen (secondary N) is 1. The summed E-state index contributed by atoms with van der Waals surface area (Å²) in [4.78, 5) is 29.5. The highest BCUT2D eigenvalue weighted by atomic mass is 32.2. The fraction of sp³-hybridized carbons (Fsp3) is 0.375. The molecule has 214 valence electrons. The second kappa shape index (κ2) is 13.6. The maximum Gasteiger partial charge on any atom is 0.244 e. The van der Waals surface area contributed by atoms with Gasteiger partial charge < -0.3 is 10.2 Å². The van der Waals surface area contributed by atoms with Crippen LogP contribution in [0.4, 0.5) is 5.69 Å². The fourth-order valence-corrected chi connectivity index (χ4v) is 5.51. The van der Waals surface area contributed by atoms with Crippen molar-refractivity contribution < 1.29 is 18.0 Å². The van der Waals surface area contributed by atoms with Gasteiger partial charge >= 0.3 is 0 Å². The van der Waals surface area contributed by atoms with Gasteiger partial charge in [-0.15, -0.1) is 0 Å². The van der Waals surface area contributed by atoms with Gasteiger partial charge in [-0.05, 0) is 74.1 Å². The van der Waals surface area contributed by atoms with Crippen molar-refractivity contribution in [3.63, 3.8) is 0 Å². The Bertz CT molecular complexity index is 1400. The monoisotopic (exact) mass is 563 g/mol. The standard InChI is InChI=1S/C32H41N3O4S/c1-7-26(5)33-32(37)30(20-27-14-9-8-10-15-27)34(21-28-16-12-11-13-25(28)4)31(36)22-35(40(6,38)39)29-18-23(2)17-24(3)19-29/h8-19,26,30H,7,20-22H2,1-6H3,(H,33,37)/t26-,30-/m0/s1. The molecular weight excluding hydrogens is 522 g/mol. The van der Waals surface area contributed by atoms with Crippen LogP contribution >= 0.6 is 0 Å². The van der Waals surface area contributed by atoms with Crippen LogP contribution in [0.15, 0.2) is 72.8 Å². The zero-order valence-corrected chi connectivity index (χ0v) is 25.2. The van der Waals surface area contributed by atoms with E-state index in [1.165, 1.54) is 4.90 Å². The van der Waals surface area contributed by atoms with E-state index >= 15 is 0 Å². The molecule has 3 aromatic rings. The van der Waals surface area contributed by atoms with Gasteiger partial charge in [-0.25, -0.2) is 8.42 Å². The first-order valence-corrected chi connectivity index (χ1v) is 15.5. The van der Waals surface area contributed by atoms with Crippen molar-refractivity contribution in [1.29, 1.82) is 0 Å². The Labute approximate surface area is 239 Å². The molecule has 0 fully saturated rings. The molecular formula is C32H41N3O4S. The molecule has 0 aliphatic carbocycles. The van der Waals surface area contributed by atoms with Crippen molar-refractivity contribution in [3.8, 4) is 0 Å². The molecule has 2 amide bonds. The number of hydrogen-bond donors (Lipinski definition) is 1. The average Bonchev–Trinajstić information content (AvgIpc) is 2.89. The maximum atomic E-state index is 14.2. The number of hydrogen-bond acceptors (Lipinski definition) is 4. The fourth-order valence-electron chi connectivity index (χ4n) is 4.67. The molecule has 0 aromatic heterocycles. The Morgan fingerprint density at radius 3 is 2.08 bits per heavy atom. The summed E-state index contributed by atoms with van der Waals surface area (Å²) in [6, 6.07) is 21.8. The van der Waals surface area contributed by atoms with Gasteiger partial charge in [-0.2, -0.15) is 0 Å². The number of carbonyl (C=O) groups excluding carboxylic acids is 2. The molecule has 40 heavy (non-hydrogen) atoms. The Balaban J connectivity index is 2.09. The number of benzene rings is 3. The number of amides is 2. The lowest BCUT2D eigenvalue weighted by molar-refractivity contribution is -0.140. The lowest BCUT2D eigenvalue weighted by Crippen LogP contribution is -2.54. The third kappa shape index (κ3) is 8.42. The van der Waals surface area contributed by atoms with Crippen LogP contribution in [0.5, 0.6) is 0 Å². The molecule has 0 radical (unpaired) electrons. The second-order valence-corrected chi connectivity index (χ2v) is 12.5. The maximum absolute atomic E-state index is 14.2. The van der Waals surface area contributed by atoms with Gasteiger partial charge in [-0.3, -0.25) is 13.9 Å². The van der Waals surface area contributed by atoms with Gasteiger partial charge in [0.15, 0.2) is 0 Å². The first-order chi connectivity index (χ1) is 18.9. The van der Waals surface area contributed by atoms with Crippen LogP contribution in [0.2, 0.25) is 0 Å². The Hall–Kier alpha value is -3.65. The van der Waals surface area contributed by atoms with E-state index in [0.29, 0.717) is 12.1 Å². The van der Waals surface area contributed by atoms with E-state index in [1.54, 1.807) is 12.1 Å². The smallest absolute Gasteiger partial charge is 0.244 e. The first kappa shape index (κ1) is 30.9. The van der Waals surface area contributed by atoms with E-state index in [9.17, 15) is 18.0 Å². The minimum atomic E-state index is -3.80. The molecule has 0 bridgehead atoms. The van der Waals surface area contributed by atoms with Crippen molar-refractivity contribution in [2.75, 3.05) is 17.1 Å². The lowest BCUT2D eigenvalue weighted by Gasteiger charge is -2.34. The number of carbonyl (C=O) groups is 2. The number of sulfonamides is 1. The van der Waals surface area contributed by atoms with Gasteiger partial charge in [0.1, 0.15) is 12.6 Å². The molecule has 0 aliphatic heterocycles. The van der Waals surface area contributed by atoms with Gasteiger partial charge in [0.05, 0.1) is 11.9 Å². The SMILES string of the molecule is CC[C@H](C)NC(=O)[C@H](Cc1ccccc1)N(Cc1ccccc1C)C(=O)CN(c1cc(C)cc(C)c1)S(C)(=O)=O. The van der Waals surface area contributed by atoms with E-state index in [2.05, 4.69) is 5.32 Å². The summed E-state index contributed by atoms with van der Waals surface area (Å²) < 4.78 is 27.1. The highest BCUT2D eigenvalue weighted by molar-refractivity contribution is 7.92. The number of anilines is 1. The summed E-state index contributed by atoms with van der Waals surface area (Å²) in [7, 11) is -3.80. The largest absolute Gasteiger partial charge is 0.352 e. The molecule has 1 N–H and O–H groups in total. The van der Waals surface area contributed by atoms with Crippen molar-refractivity contribution >= 4 is 27.5 Å². The van der Waals surface area contributed by atoms with Crippen molar-refractivity contribution in [3.05, 3.63) is 101 Å². The van der Waals surface area contributed by atoms with Gasteiger partial charge in [0.25, 0.3) is 0 Å². The number of rotatable bonds is 12. The predicted octanol–water partition coefficient (Wildman–Crippen LogP) is 4.93. The molecule has 3 rings (SSSR count). The molecule has 3 aromatic carbocycles. The lowest BCUT2D eigenvalue weighted by atomic mass is 10.0. The van der Waals surface area contributed by atoms with E-state index in [4.69, 9.17) is 0 Å². The molecule has 0 saturated heterocycles. The summed E-state index contributed by atoms with van der Waals surface area (Å²) in [5.41, 5.74) is 4.99. The van der Waals surface area contributed by atoms with Crippen molar-refractivity contribution in [1.82, 2.24) is 10.2 Å². The summed E-state index contributed by atoms with van der Waals surface area (Å²) in [5.74, 6) is -0.717. The van der Waals surface area contributed by atoms with E-state index < -0.39 is 28.5 Å². The van der Waals surface area contributed by atoms with Gasteiger partial charge in [-0.1, -0.05) is 67.6 Å². The molecule has 0 aliphatic rings. The average molecular weight is 564 g/mol. The van der Waals surface area contributed by atoms with Gasteiger partial charge in [0.2, 0.25) is 21.8 Å². The predicted molar refractivity (Wildman–Crippen MR) is 162 cm³/mol. The number of nitrogens with zero attached hydrogens (tertiary/aromatic N) is 2. The summed E-state index contributed by atoms with van der Waals surface area (Å²) in [5, 5.41) is 3.05. The number of aryl methyl sites for hydroxylation is 3. The van der Waals surface area contributed by atoms with E-state index in [1.807, 2.05) is 95.3 Å². The minimum absolute atomic E-state index is 0.0797. The van der Waals surface area contributed by atoms with E-state index in [0.717, 1.165) is 44.8 Å². The Kier molecular flexibility index (Phi) is 10.5. The molecule has 0 spiro atoms. The molecule has 0 saturated carbocycles. The third-order valence-corrected chi connectivity index (χ3v) is 8.19. The molecule has 8 heteroatoms. The highest BCUT2D eigenvalue weighted by Crippen LogP contribution is 2.23. The van der Waals surface area contributed by atoms with Crippen LogP contribution in [0.3, 0.4) is 0 Å². The molecule has 0 unspecified atom stereocenters. The Morgan fingerprint density at radius 2 is 1.50 bits per heavy atom. The Morgan fingerprint density at radius 1 is 0.900 bits per heavy atom. The third-order valence-electron chi connectivity index (χ3n) is 7.05. The quantitative estimate of drug-likeness (QED) is 0.339. The summed E-state index contributed by atoms with van der Waals surface area (Å²) in [6.45, 7) is 9.40. The zero-order valence-electron chi connectivity index (χ0n) is 24.3. The topological polar surface area (TPSA) is 86.8 Å². The van der Waals surface area contributed by atoms with Crippen LogP contribution in [0.1, 0.15) is 48.1 Å². The second-order valence-electron chi connectivity index (χ2n) is 10.6. The van der Waals surface area contributed by atoms with Crippen molar-refractivity contribution in [2.45, 2.75) is 66.1 Å². The summed E-state index contributed by atoms with van der Waals surface area (Å²) >= 11 is 0. The van der Waals surface area contributed by atoms with Crippen LogP contribution in [-0.2, 0) is 32.6 Å². The van der Waals surface area contributed by atoms with E-state index in [-0.39, 0.29) is 18.5 Å². The molecule has 7 nitrogen and oxygen atoms in total. The van der Waals surface area contributed by atoms with Crippen molar-refractivity contribution in [2.24, 2.45) is 0 Å². The molecule has 0 heterocycles. The van der Waals surface area contributed by atoms with Crippen LogP contribution in [-0.4, -0.2) is 50.0 Å². The van der Waals surface area contributed by atoms with Crippen LogP contribution in [0, 0.1) is 20.8 Å². The highest BCUT2D eigenvalue weighted by Gasteiger charge is 2.33. The van der Waals surface area contributed by atoms with Gasteiger partial charge in [0, 0.05) is 19.0 Å². The normalized spacial score (nSPS) is 12.8. The van der Waals surface area contributed by atoms with Crippen LogP contribution < -0.4 is 9.62 Å². The zero-order chi connectivity index (χ0) is 29.4. The molecule has 2 atom stereocenters.